The molecule has 3 atom stereocenters. The number of nitrogens with two attached hydrogens (primary N) is 1. The first-order chi connectivity index (χ1) is 17.9. The zero-order valence-electron chi connectivity index (χ0n) is 20.9. The van der Waals surface area contributed by atoms with Crippen LogP contribution < -0.4 is 11.1 Å². The average molecular weight is 572 g/mol. The van der Waals surface area contributed by atoms with Crippen LogP contribution in [0.5, 0.6) is 0 Å². The highest BCUT2D eigenvalue weighted by Crippen LogP contribution is 2.41. The van der Waals surface area contributed by atoms with Gasteiger partial charge in [-0.05, 0) is 13.8 Å². The van der Waals surface area contributed by atoms with Crippen LogP contribution in [0.3, 0.4) is 0 Å². The summed E-state index contributed by atoms with van der Waals surface area (Å²) in [6.07, 6.45) is -2.92. The predicted molar refractivity (Wildman–Crippen MR) is 132 cm³/mol. The number of thioether (sulfide) groups is 1. The molecule has 2 aliphatic rings. The number of esters is 2. The van der Waals surface area contributed by atoms with Crippen molar-refractivity contribution in [1.29, 1.82) is 0 Å². The molecule has 15 nitrogen and oxygen atoms in total. The number of rotatable bonds is 9. The van der Waals surface area contributed by atoms with Crippen LogP contribution >= 0.6 is 23.1 Å². The Labute approximate surface area is 224 Å². The molecule has 0 aromatic carbocycles. The normalized spacial score (nSPS) is 19.7. The maximum atomic E-state index is 13.1. The van der Waals surface area contributed by atoms with E-state index in [0.717, 1.165) is 34.9 Å². The fraction of sp³-hybridized carbons (Fsp3) is 0.476. The van der Waals surface area contributed by atoms with Crippen LogP contribution in [0.4, 0.5) is 9.93 Å². The van der Waals surface area contributed by atoms with E-state index >= 15 is 0 Å². The molecule has 2 aliphatic heterocycles. The van der Waals surface area contributed by atoms with Crippen molar-refractivity contribution in [2.45, 2.75) is 51.5 Å². The van der Waals surface area contributed by atoms with E-state index in [0.29, 0.717) is 0 Å². The van der Waals surface area contributed by atoms with E-state index < -0.39 is 53.7 Å². The van der Waals surface area contributed by atoms with E-state index in [1.54, 1.807) is 13.8 Å². The molecule has 2 amide bonds. The highest BCUT2D eigenvalue weighted by molar-refractivity contribution is 8.00. The molecular formula is C21H25N5O10S2. The number of carbonyl (C=O) groups excluding carboxylic acids is 5. The smallest absolute Gasteiger partial charge is 0.431 e. The largest absolute Gasteiger partial charge is 0.511 e. The minimum atomic E-state index is -1.39. The Hall–Kier alpha value is -3.86. The molecule has 0 aliphatic carbocycles. The van der Waals surface area contributed by atoms with E-state index in [1.165, 1.54) is 19.4 Å². The number of nitrogen functional groups attached to an aromatic ring is 1. The molecule has 0 radical (unpaired) electrons. The third-order valence-corrected chi connectivity index (χ3v) is 6.64. The molecule has 1 aromatic heterocycles. The fourth-order valence-electron chi connectivity index (χ4n) is 3.32. The minimum Gasteiger partial charge on any atom is -0.431 e. The van der Waals surface area contributed by atoms with Crippen LogP contribution in [-0.2, 0) is 43.0 Å². The monoisotopic (exact) mass is 571 g/mol. The lowest BCUT2D eigenvalue weighted by Gasteiger charge is -2.49. The highest BCUT2D eigenvalue weighted by atomic mass is 32.2. The van der Waals surface area contributed by atoms with E-state index in [9.17, 15) is 24.0 Å². The number of nitrogens with zero attached hydrogens (tertiary/aromatic N) is 3. The average Bonchev–Trinajstić information content (AvgIpc) is 3.24. The van der Waals surface area contributed by atoms with Crippen LogP contribution in [0.2, 0.25) is 0 Å². The van der Waals surface area contributed by atoms with Gasteiger partial charge in [0.1, 0.15) is 30.0 Å². The Bertz CT molecular complexity index is 1200. The molecular weight excluding hydrogens is 546 g/mol. The summed E-state index contributed by atoms with van der Waals surface area (Å²) in [7, 11) is 1.24. The molecule has 17 heteroatoms. The predicted octanol–water partition coefficient (Wildman–Crippen LogP) is 0.701. The summed E-state index contributed by atoms with van der Waals surface area (Å²) in [5, 5.41) is 7.18. The quantitative estimate of drug-likeness (QED) is 0.105. The Morgan fingerprint density at radius 1 is 1.21 bits per heavy atom. The molecule has 206 valence electrons. The first-order valence-electron chi connectivity index (χ1n) is 11.0. The topological polar surface area (TPSA) is 198 Å². The number of β-lactam (4-membered cyclic amide) rings is 1. The van der Waals surface area contributed by atoms with Crippen LogP contribution in [0, 0.1) is 0 Å². The van der Waals surface area contributed by atoms with Crippen LogP contribution in [0.1, 0.15) is 33.4 Å². The number of thiazole rings is 1. The number of aromatic nitrogens is 1. The molecule has 0 bridgehead atoms. The van der Waals surface area contributed by atoms with E-state index in [4.69, 9.17) is 29.5 Å². The van der Waals surface area contributed by atoms with Crippen LogP contribution in [0.25, 0.3) is 0 Å². The first-order valence-corrected chi connectivity index (χ1v) is 12.9. The van der Waals surface area contributed by atoms with Gasteiger partial charge >= 0.3 is 18.1 Å². The number of oxime groups is 1. The number of carbonyl (C=O) groups is 5. The zero-order chi connectivity index (χ0) is 28.1. The number of fused-ring (bicyclic) bond motifs is 1. The van der Waals surface area contributed by atoms with Gasteiger partial charge in [0.25, 0.3) is 11.8 Å². The molecule has 1 saturated heterocycles. The second-order valence-electron chi connectivity index (χ2n) is 7.93. The van der Waals surface area contributed by atoms with Crippen molar-refractivity contribution in [3.63, 3.8) is 0 Å². The van der Waals surface area contributed by atoms with Gasteiger partial charge in [-0.3, -0.25) is 19.3 Å². The standard InChI is InChI=1S/C21H25N5O10S2/c1-8(2)33-21(31)36-10(4)35-19(30)15-12(34-9(3)27)7-37-18-14(17(29)26(15)18)24-16(28)13(25-32-5)11-6-38-20(22)23-11/h6,8,10,14,18H,7H2,1-5H3,(H2,22,23)(H,24,28)/b25-13-/t10?,14-,18-/m1/s1. The highest BCUT2D eigenvalue weighted by Gasteiger charge is 2.55. The number of hydrogen-bond donors (Lipinski definition) is 2. The van der Waals surface area contributed by atoms with Crippen LogP contribution in [-0.4, -0.2) is 82.2 Å². The second-order valence-corrected chi connectivity index (χ2v) is 9.92. The summed E-state index contributed by atoms with van der Waals surface area (Å²) in [6, 6.07) is -1.07. The van der Waals surface area contributed by atoms with Crippen molar-refractivity contribution in [3.05, 3.63) is 22.5 Å². The maximum absolute atomic E-state index is 13.1. The fourth-order valence-corrected chi connectivity index (χ4v) is 5.12. The maximum Gasteiger partial charge on any atom is 0.511 e. The van der Waals surface area contributed by atoms with Gasteiger partial charge in [-0.15, -0.1) is 23.1 Å². The molecule has 0 spiro atoms. The molecule has 1 unspecified atom stereocenters. The van der Waals surface area contributed by atoms with Crippen molar-refractivity contribution < 1.29 is 47.8 Å². The lowest BCUT2D eigenvalue weighted by atomic mass is 10.0. The molecule has 0 saturated carbocycles. The van der Waals surface area contributed by atoms with Crippen LogP contribution in [0.15, 0.2) is 22.0 Å². The second kappa shape index (κ2) is 12.1. The van der Waals surface area contributed by atoms with Gasteiger partial charge in [0.15, 0.2) is 16.5 Å². The minimum absolute atomic E-state index is 0.00288. The van der Waals surface area contributed by atoms with E-state index in [1.807, 2.05) is 0 Å². The summed E-state index contributed by atoms with van der Waals surface area (Å²) >= 11 is 2.22. The Kier molecular flexibility index (Phi) is 9.16. The molecule has 1 aromatic rings. The zero-order valence-corrected chi connectivity index (χ0v) is 22.5. The third-order valence-electron chi connectivity index (χ3n) is 4.71. The lowest BCUT2D eigenvalue weighted by Crippen LogP contribution is -2.71. The third kappa shape index (κ3) is 6.52. The van der Waals surface area contributed by atoms with Gasteiger partial charge in [-0.2, -0.15) is 0 Å². The molecule has 1 fully saturated rings. The van der Waals surface area contributed by atoms with Crippen molar-refractivity contribution in [2.24, 2.45) is 5.16 Å². The molecule has 38 heavy (non-hydrogen) atoms. The summed E-state index contributed by atoms with van der Waals surface area (Å²) in [5.41, 5.74) is 5.22. The SMILES string of the molecule is CO/N=C(\C(=O)N[C@@H]1C(=O)N2C(C(=O)OC(C)OC(=O)OC(C)C)=C(OC(C)=O)CS[C@H]12)c1csc(N)n1. The van der Waals surface area contributed by atoms with Crippen molar-refractivity contribution in [1.82, 2.24) is 15.2 Å². The number of ether oxygens (including phenoxy) is 4. The first kappa shape index (κ1) is 28.7. The van der Waals surface area contributed by atoms with Crippen molar-refractivity contribution in [3.8, 4) is 0 Å². The van der Waals surface area contributed by atoms with Crippen molar-refractivity contribution in [2.75, 3.05) is 18.6 Å². The van der Waals surface area contributed by atoms with Crippen molar-refractivity contribution >= 4 is 63.9 Å². The number of hydrogen-bond acceptors (Lipinski definition) is 15. The van der Waals surface area contributed by atoms with Gasteiger partial charge in [0.05, 0.1) is 11.9 Å². The number of anilines is 1. The van der Waals surface area contributed by atoms with E-state index in [-0.39, 0.29) is 33.7 Å². The number of amides is 2. The molecule has 3 N–H and O–H groups in total. The number of nitrogens with one attached hydrogen (secondary N) is 1. The van der Waals surface area contributed by atoms with Gasteiger partial charge < -0.3 is 34.8 Å². The van der Waals surface area contributed by atoms with Gasteiger partial charge in [-0.1, -0.05) is 5.16 Å². The lowest BCUT2D eigenvalue weighted by molar-refractivity contribution is -0.170. The van der Waals surface area contributed by atoms with Gasteiger partial charge in [0, 0.05) is 19.2 Å². The Balaban J connectivity index is 1.77. The van der Waals surface area contributed by atoms with Gasteiger partial charge in [0.2, 0.25) is 6.29 Å². The molecule has 3 rings (SSSR count). The van der Waals surface area contributed by atoms with E-state index in [2.05, 4.69) is 15.5 Å². The Morgan fingerprint density at radius 3 is 2.50 bits per heavy atom. The summed E-state index contributed by atoms with van der Waals surface area (Å²) in [6.45, 7) is 5.61. The summed E-state index contributed by atoms with van der Waals surface area (Å²) < 4.78 is 20.0. The Morgan fingerprint density at radius 2 is 1.92 bits per heavy atom. The van der Waals surface area contributed by atoms with Gasteiger partial charge in [-0.25, -0.2) is 14.6 Å². The summed E-state index contributed by atoms with van der Waals surface area (Å²) in [5.74, 6) is -3.39. The molecule has 3 heterocycles. The summed E-state index contributed by atoms with van der Waals surface area (Å²) in [4.78, 5) is 72.1.